The molecule has 0 aliphatic heterocycles. The molecule has 0 aliphatic carbocycles. The van der Waals surface area contributed by atoms with Crippen molar-refractivity contribution in [2.75, 3.05) is 24.8 Å². The van der Waals surface area contributed by atoms with Gasteiger partial charge < -0.3 is 14.8 Å². The van der Waals surface area contributed by atoms with E-state index in [4.69, 9.17) is 9.47 Å². The lowest BCUT2D eigenvalue weighted by Gasteiger charge is -2.07. The van der Waals surface area contributed by atoms with Crippen LogP contribution in [0.5, 0.6) is 5.75 Å². The number of nitro benzene ring substituents is 1. The van der Waals surface area contributed by atoms with Crippen LogP contribution < -0.4 is 10.1 Å². The first kappa shape index (κ1) is 19.3. The summed E-state index contributed by atoms with van der Waals surface area (Å²) >= 11 is 1.17. The molecule has 0 atom stereocenters. The number of anilines is 1. The Morgan fingerprint density at radius 3 is 2.35 bits per heavy atom. The van der Waals surface area contributed by atoms with Crippen LogP contribution in [0, 0.1) is 10.1 Å². The molecule has 2 aromatic rings. The van der Waals surface area contributed by atoms with Crippen LogP contribution in [0.15, 0.2) is 53.4 Å². The summed E-state index contributed by atoms with van der Waals surface area (Å²) in [5, 5.41) is 13.2. The van der Waals surface area contributed by atoms with Crippen molar-refractivity contribution >= 4 is 35.0 Å². The number of ether oxygens (including phenoxy) is 2. The summed E-state index contributed by atoms with van der Waals surface area (Å²) in [5.41, 5.74) is 0.541. The van der Waals surface area contributed by atoms with Crippen molar-refractivity contribution in [2.24, 2.45) is 0 Å². The zero-order valence-electron chi connectivity index (χ0n) is 13.8. The molecule has 8 nitrogen and oxygen atoms in total. The Morgan fingerprint density at radius 1 is 1.12 bits per heavy atom. The molecule has 0 saturated heterocycles. The molecule has 0 bridgehead atoms. The number of esters is 1. The van der Waals surface area contributed by atoms with E-state index in [1.165, 1.54) is 23.9 Å². The minimum Gasteiger partial charge on any atom is -0.497 e. The molecule has 0 fully saturated rings. The highest BCUT2D eigenvalue weighted by Crippen LogP contribution is 2.21. The number of nitrogens with one attached hydrogen (secondary N) is 1. The summed E-state index contributed by atoms with van der Waals surface area (Å²) in [6.07, 6.45) is 0. The van der Waals surface area contributed by atoms with E-state index in [-0.39, 0.29) is 11.4 Å². The zero-order valence-corrected chi connectivity index (χ0v) is 14.7. The molecule has 2 aromatic carbocycles. The fourth-order valence-corrected chi connectivity index (χ4v) is 2.56. The van der Waals surface area contributed by atoms with Gasteiger partial charge in [-0.25, -0.2) is 0 Å². The quantitative estimate of drug-likeness (QED) is 0.327. The Kier molecular flexibility index (Phi) is 6.98. The molecule has 0 radical (unpaired) electrons. The summed E-state index contributed by atoms with van der Waals surface area (Å²) in [7, 11) is 1.54. The van der Waals surface area contributed by atoms with Gasteiger partial charge in [0.2, 0.25) is 0 Å². The summed E-state index contributed by atoms with van der Waals surface area (Å²) < 4.78 is 9.92. The number of amides is 1. The van der Waals surface area contributed by atoms with E-state index < -0.39 is 23.4 Å². The lowest BCUT2D eigenvalue weighted by molar-refractivity contribution is -0.384. The SMILES string of the molecule is COc1ccc(NC(=O)COC(=O)CSc2ccc([N+](=O)[O-])cc2)cc1. The third kappa shape index (κ3) is 6.10. The number of hydrogen-bond donors (Lipinski definition) is 1. The van der Waals surface area contributed by atoms with Gasteiger partial charge in [0, 0.05) is 22.7 Å². The fraction of sp³-hybridized carbons (Fsp3) is 0.176. The van der Waals surface area contributed by atoms with E-state index in [2.05, 4.69) is 5.32 Å². The van der Waals surface area contributed by atoms with Crippen molar-refractivity contribution in [2.45, 2.75) is 4.90 Å². The van der Waals surface area contributed by atoms with Crippen molar-refractivity contribution in [1.82, 2.24) is 0 Å². The normalized spacial score (nSPS) is 10.0. The van der Waals surface area contributed by atoms with E-state index >= 15 is 0 Å². The Labute approximate surface area is 153 Å². The molecule has 0 unspecified atom stereocenters. The molecule has 1 N–H and O–H groups in total. The molecule has 0 aromatic heterocycles. The average molecular weight is 376 g/mol. The number of nitrogens with zero attached hydrogens (tertiary/aromatic N) is 1. The molecule has 1 amide bonds. The Hall–Kier alpha value is -3.07. The lowest BCUT2D eigenvalue weighted by Crippen LogP contribution is -2.21. The molecule has 0 heterocycles. The highest BCUT2D eigenvalue weighted by molar-refractivity contribution is 8.00. The van der Waals surface area contributed by atoms with Gasteiger partial charge in [-0.05, 0) is 36.4 Å². The minimum atomic E-state index is -0.557. The van der Waals surface area contributed by atoms with Crippen LogP contribution in [0.1, 0.15) is 0 Å². The van der Waals surface area contributed by atoms with Crippen LogP contribution in [0.3, 0.4) is 0 Å². The van der Waals surface area contributed by atoms with Gasteiger partial charge in [0.05, 0.1) is 17.8 Å². The number of carbonyl (C=O) groups excluding carboxylic acids is 2. The summed E-state index contributed by atoms with van der Waals surface area (Å²) in [6.45, 7) is -0.397. The molecule has 9 heteroatoms. The van der Waals surface area contributed by atoms with Gasteiger partial charge in [-0.1, -0.05) is 0 Å². The zero-order chi connectivity index (χ0) is 18.9. The molecule has 0 aliphatic rings. The fourth-order valence-electron chi connectivity index (χ4n) is 1.87. The Morgan fingerprint density at radius 2 is 1.77 bits per heavy atom. The molecule has 2 rings (SSSR count). The van der Waals surface area contributed by atoms with Gasteiger partial charge in [0.15, 0.2) is 6.61 Å². The maximum Gasteiger partial charge on any atom is 0.316 e. The van der Waals surface area contributed by atoms with E-state index in [1.807, 2.05) is 0 Å². The summed E-state index contributed by atoms with van der Waals surface area (Å²) in [5.74, 6) is -0.354. The van der Waals surface area contributed by atoms with E-state index in [0.29, 0.717) is 16.3 Å². The molecular weight excluding hydrogens is 360 g/mol. The predicted molar refractivity (Wildman–Crippen MR) is 96.4 cm³/mol. The van der Waals surface area contributed by atoms with Crippen LogP contribution in [0.2, 0.25) is 0 Å². The maximum atomic E-state index is 11.8. The second-order valence-electron chi connectivity index (χ2n) is 4.98. The largest absolute Gasteiger partial charge is 0.497 e. The van der Waals surface area contributed by atoms with Crippen molar-refractivity contribution < 1.29 is 24.0 Å². The first-order valence-corrected chi connectivity index (χ1v) is 8.43. The van der Waals surface area contributed by atoms with Gasteiger partial charge in [0.1, 0.15) is 5.75 Å². The van der Waals surface area contributed by atoms with Gasteiger partial charge in [-0.2, -0.15) is 0 Å². The maximum absolute atomic E-state index is 11.8. The van der Waals surface area contributed by atoms with Crippen LogP contribution in [0.25, 0.3) is 0 Å². The number of benzene rings is 2. The molecule has 136 valence electrons. The number of methoxy groups -OCH3 is 1. The number of hydrogen-bond acceptors (Lipinski definition) is 7. The van der Waals surface area contributed by atoms with Crippen molar-refractivity contribution in [3.05, 3.63) is 58.6 Å². The first-order valence-electron chi connectivity index (χ1n) is 7.44. The van der Waals surface area contributed by atoms with Gasteiger partial charge >= 0.3 is 5.97 Å². The standard InChI is InChI=1S/C17H16N2O6S/c1-24-14-6-2-12(3-7-14)18-16(20)10-25-17(21)11-26-15-8-4-13(5-9-15)19(22)23/h2-9H,10-11H2,1H3,(H,18,20). The third-order valence-corrected chi connectivity index (χ3v) is 4.13. The second kappa shape index (κ2) is 9.42. The number of non-ortho nitro benzene ring substituents is 1. The summed E-state index contributed by atoms with van der Waals surface area (Å²) in [6, 6.07) is 12.5. The highest BCUT2D eigenvalue weighted by Gasteiger charge is 2.10. The number of nitro groups is 1. The number of rotatable bonds is 8. The third-order valence-electron chi connectivity index (χ3n) is 3.14. The Balaban J connectivity index is 1.71. The summed E-state index contributed by atoms with van der Waals surface area (Å²) in [4.78, 5) is 34.2. The van der Waals surface area contributed by atoms with E-state index in [9.17, 15) is 19.7 Å². The monoisotopic (exact) mass is 376 g/mol. The second-order valence-corrected chi connectivity index (χ2v) is 6.03. The highest BCUT2D eigenvalue weighted by atomic mass is 32.2. The van der Waals surface area contributed by atoms with Crippen molar-refractivity contribution in [3.63, 3.8) is 0 Å². The van der Waals surface area contributed by atoms with Crippen LogP contribution in [-0.4, -0.2) is 36.3 Å². The molecule has 0 spiro atoms. The molecule has 0 saturated carbocycles. The van der Waals surface area contributed by atoms with Crippen LogP contribution >= 0.6 is 11.8 Å². The number of carbonyl (C=O) groups is 2. The van der Waals surface area contributed by atoms with Gasteiger partial charge in [0.25, 0.3) is 11.6 Å². The minimum absolute atomic E-state index is 0.00632. The Bertz CT molecular complexity index is 777. The number of thioether (sulfide) groups is 1. The van der Waals surface area contributed by atoms with Crippen LogP contribution in [0.4, 0.5) is 11.4 Å². The average Bonchev–Trinajstić information content (AvgIpc) is 2.65. The van der Waals surface area contributed by atoms with E-state index in [0.717, 1.165) is 0 Å². The van der Waals surface area contributed by atoms with Gasteiger partial charge in [-0.15, -0.1) is 11.8 Å². The smallest absolute Gasteiger partial charge is 0.316 e. The molecule has 26 heavy (non-hydrogen) atoms. The van der Waals surface area contributed by atoms with E-state index in [1.54, 1.807) is 43.5 Å². The molecular formula is C17H16N2O6S. The van der Waals surface area contributed by atoms with Crippen molar-refractivity contribution in [1.29, 1.82) is 0 Å². The predicted octanol–water partition coefficient (Wildman–Crippen LogP) is 2.88. The topological polar surface area (TPSA) is 108 Å². The van der Waals surface area contributed by atoms with Crippen LogP contribution in [-0.2, 0) is 14.3 Å². The first-order chi connectivity index (χ1) is 12.5. The van der Waals surface area contributed by atoms with Gasteiger partial charge in [-0.3, -0.25) is 19.7 Å². The lowest BCUT2D eigenvalue weighted by atomic mass is 10.3. The van der Waals surface area contributed by atoms with Crippen molar-refractivity contribution in [3.8, 4) is 5.75 Å².